The second-order valence-electron chi connectivity index (χ2n) is 2.06. The van der Waals surface area contributed by atoms with Gasteiger partial charge in [-0.2, -0.15) is 0 Å². The Kier molecular flexibility index (Phi) is 4.78. The molecule has 0 bridgehead atoms. The number of aromatic amines is 1. The third-order valence-corrected chi connectivity index (χ3v) is 1.19. The van der Waals surface area contributed by atoms with Crippen LogP contribution in [0, 0.1) is 0 Å². The molecule has 0 radical (unpaired) electrons. The van der Waals surface area contributed by atoms with Gasteiger partial charge >= 0.3 is 58.4 Å². The zero-order valence-electron chi connectivity index (χ0n) is 6.35. The van der Waals surface area contributed by atoms with Gasteiger partial charge in [0.1, 0.15) is 0 Å². The van der Waals surface area contributed by atoms with Crippen LogP contribution < -0.4 is 62.4 Å². The molecule has 0 spiro atoms. The molecule has 12 heavy (non-hydrogen) atoms. The summed E-state index contributed by atoms with van der Waals surface area (Å²) in [5.41, 5.74) is -1.32. The number of H-pyrrole nitrogens is 1. The van der Waals surface area contributed by atoms with E-state index in [1.54, 1.807) is 0 Å². The van der Waals surface area contributed by atoms with Crippen molar-refractivity contribution in [1.82, 2.24) is 4.98 Å². The van der Waals surface area contributed by atoms with E-state index in [9.17, 15) is 17.7 Å². The molecule has 1 N–H and O–H groups in total. The predicted molar refractivity (Wildman–Crippen MR) is 35.8 cm³/mol. The van der Waals surface area contributed by atoms with Gasteiger partial charge in [0.25, 0.3) is 0 Å². The molecule has 0 saturated heterocycles. The monoisotopic (exact) mass is 201 g/mol. The Morgan fingerprint density at radius 1 is 1.25 bits per heavy atom. The first-order valence-electron chi connectivity index (χ1n) is 2.89. The first-order chi connectivity index (χ1) is 5.00. The van der Waals surface area contributed by atoms with E-state index in [4.69, 9.17) is 0 Å². The molecule has 0 amide bonds. The van der Waals surface area contributed by atoms with Crippen LogP contribution in [0.1, 0.15) is 0 Å². The van der Waals surface area contributed by atoms with E-state index in [1.807, 2.05) is 4.98 Å². The average Bonchev–Trinajstić information content (AvgIpc) is 1.86. The van der Waals surface area contributed by atoms with E-state index in [0.717, 1.165) is 12.1 Å². The van der Waals surface area contributed by atoms with Crippen LogP contribution in [-0.2, 0) is 0 Å². The summed E-state index contributed by atoms with van der Waals surface area (Å²) in [7, 11) is 0. The van der Waals surface area contributed by atoms with E-state index in [-0.39, 0.29) is 51.4 Å². The summed E-state index contributed by atoms with van der Waals surface area (Å²) >= 11 is 0. The normalized spacial score (nSPS) is 10.6. The summed E-state index contributed by atoms with van der Waals surface area (Å²) in [4.78, 5) is 12.3. The van der Waals surface area contributed by atoms with Gasteiger partial charge in [-0.3, -0.25) is 4.79 Å². The molecule has 0 aliphatic heterocycles. The van der Waals surface area contributed by atoms with Crippen LogP contribution in [-0.4, -0.2) is 12.0 Å². The van der Waals surface area contributed by atoms with E-state index in [2.05, 4.69) is 0 Å². The summed E-state index contributed by atoms with van der Waals surface area (Å²) in [6.45, 7) is -4.99. The van der Waals surface area contributed by atoms with Crippen molar-refractivity contribution in [1.29, 1.82) is 0 Å². The van der Waals surface area contributed by atoms with Crippen molar-refractivity contribution in [3.8, 4) is 0 Å². The summed E-state index contributed by atoms with van der Waals surface area (Å²) in [6.07, 6.45) is 0.669. The maximum atomic E-state index is 11.9. The smallest absolute Gasteiger partial charge is 0.445 e. The molecule has 0 fully saturated rings. The molecule has 1 aromatic heterocycles. The molecule has 1 rings (SSSR count). The Hall–Kier alpha value is 0.441. The fourth-order valence-corrected chi connectivity index (χ4v) is 0.626. The summed E-state index contributed by atoms with van der Waals surface area (Å²) < 4.78 is 35.6. The average molecular weight is 201 g/mol. The molecular weight excluding hydrogens is 197 g/mol. The van der Waals surface area contributed by atoms with Crippen molar-refractivity contribution < 1.29 is 64.3 Å². The van der Waals surface area contributed by atoms with E-state index in [0.29, 0.717) is 6.20 Å². The van der Waals surface area contributed by atoms with Crippen molar-refractivity contribution >= 4 is 12.4 Å². The van der Waals surface area contributed by atoms with Gasteiger partial charge in [0.05, 0.1) is 0 Å². The number of aromatic nitrogens is 1. The Morgan fingerprint density at radius 3 is 2.17 bits per heavy atom. The van der Waals surface area contributed by atoms with E-state index < -0.39 is 18.0 Å². The molecule has 1 heterocycles. The van der Waals surface area contributed by atoms with Gasteiger partial charge < -0.3 is 17.9 Å². The molecule has 0 saturated carbocycles. The summed E-state index contributed by atoms with van der Waals surface area (Å²) in [5.74, 6) is 0. The van der Waals surface area contributed by atoms with Crippen LogP contribution in [0.3, 0.4) is 0 Å². The molecule has 60 valence electrons. The van der Waals surface area contributed by atoms with Crippen LogP contribution in [0.15, 0.2) is 23.1 Å². The Bertz CT molecular complexity index is 290. The van der Waals surface area contributed by atoms with Crippen LogP contribution in [0.4, 0.5) is 12.9 Å². The molecule has 0 aliphatic carbocycles. The van der Waals surface area contributed by atoms with Gasteiger partial charge in [0, 0.05) is 6.07 Å². The molecule has 0 atom stereocenters. The van der Waals surface area contributed by atoms with Gasteiger partial charge in [-0.25, -0.2) is 0 Å². The zero-order valence-corrected chi connectivity index (χ0v) is 9.47. The number of halogens is 3. The SMILES string of the molecule is O=c1ccc([B-](F)(F)F)c[nH]1.[K+]. The third kappa shape index (κ3) is 3.44. The number of pyridine rings is 1. The maximum Gasteiger partial charge on any atom is 1.00 e. The first kappa shape index (κ1) is 12.4. The van der Waals surface area contributed by atoms with Crippen LogP contribution >= 0.6 is 0 Å². The Morgan fingerprint density at radius 2 is 1.83 bits per heavy atom. The van der Waals surface area contributed by atoms with Gasteiger partial charge in [-0.1, -0.05) is 11.5 Å². The molecule has 1 aromatic rings. The van der Waals surface area contributed by atoms with Crippen LogP contribution in [0.2, 0.25) is 0 Å². The van der Waals surface area contributed by atoms with Gasteiger partial charge in [-0.05, 0) is 6.20 Å². The third-order valence-electron chi connectivity index (χ3n) is 1.19. The Labute approximate surface area is 109 Å². The fraction of sp³-hybridized carbons (Fsp3) is 0. The minimum absolute atomic E-state index is 0. The minimum Gasteiger partial charge on any atom is -0.445 e. The standard InChI is InChI=1S/C5H4BF3NO.K/c7-6(8,9)4-1-2-5(11)10-3-4;/h1-3H,(H,10,11);/q-1;+1. The first-order valence-corrected chi connectivity index (χ1v) is 2.89. The number of rotatable bonds is 1. The number of nitrogens with one attached hydrogen (secondary N) is 1. The van der Waals surface area contributed by atoms with Crippen molar-refractivity contribution in [2.75, 3.05) is 0 Å². The summed E-state index contributed by atoms with van der Waals surface area (Å²) in [5, 5.41) is 0. The van der Waals surface area contributed by atoms with Crippen LogP contribution in [0.5, 0.6) is 0 Å². The van der Waals surface area contributed by atoms with Crippen molar-refractivity contribution in [2.24, 2.45) is 0 Å². The van der Waals surface area contributed by atoms with E-state index in [1.165, 1.54) is 0 Å². The quantitative estimate of drug-likeness (QED) is 0.498. The van der Waals surface area contributed by atoms with Crippen molar-refractivity contribution in [3.63, 3.8) is 0 Å². The van der Waals surface area contributed by atoms with Crippen LogP contribution in [0.25, 0.3) is 0 Å². The molecule has 0 aliphatic rings. The molecule has 0 unspecified atom stereocenters. The second-order valence-corrected chi connectivity index (χ2v) is 2.06. The van der Waals surface area contributed by atoms with Gasteiger partial charge in [0.15, 0.2) is 0 Å². The van der Waals surface area contributed by atoms with Gasteiger partial charge in [0.2, 0.25) is 5.56 Å². The number of hydrogen-bond acceptors (Lipinski definition) is 1. The topological polar surface area (TPSA) is 32.9 Å². The molecular formula is C5H4BF3KNO. The number of hydrogen-bond donors (Lipinski definition) is 1. The van der Waals surface area contributed by atoms with E-state index >= 15 is 0 Å². The van der Waals surface area contributed by atoms with Gasteiger partial charge in [-0.15, -0.1) is 0 Å². The largest absolute Gasteiger partial charge is 1.00 e. The Balaban J connectivity index is 0.00000121. The molecule has 7 heteroatoms. The van der Waals surface area contributed by atoms with Crippen molar-refractivity contribution in [2.45, 2.75) is 0 Å². The van der Waals surface area contributed by atoms with Crippen molar-refractivity contribution in [3.05, 3.63) is 28.7 Å². The second kappa shape index (κ2) is 4.61. The molecule has 0 aromatic carbocycles. The minimum atomic E-state index is -4.99. The predicted octanol–water partition coefficient (Wildman–Crippen LogP) is -2.57. The zero-order chi connectivity index (χ0) is 8.48. The summed E-state index contributed by atoms with van der Waals surface area (Å²) in [6, 6.07) is 1.61. The molecule has 2 nitrogen and oxygen atoms in total. The maximum absolute atomic E-state index is 11.9. The fourth-order valence-electron chi connectivity index (χ4n) is 0.626.